The molecule has 0 heterocycles. The molecule has 11 amide bonds. The van der Waals surface area contributed by atoms with Crippen molar-refractivity contribution in [3.63, 3.8) is 0 Å². The highest BCUT2D eigenvalue weighted by atomic mass is 32.1. The summed E-state index contributed by atoms with van der Waals surface area (Å²) in [6.45, 7) is 1.24. The first-order valence-corrected chi connectivity index (χ1v) is 33.5. The predicted molar refractivity (Wildman–Crippen MR) is 370 cm³/mol. The van der Waals surface area contributed by atoms with Crippen LogP contribution in [0, 0.1) is 10.1 Å². The number of primary amides is 1. The largest absolute Gasteiger partial charge is 0.493 e. The molecule has 0 aliphatic heterocycles. The Morgan fingerprint density at radius 1 is 0.550 bits per heavy atom. The average molecular weight is 1450 g/mol. The van der Waals surface area contributed by atoms with Gasteiger partial charge in [0.2, 0.25) is 65.0 Å². The quantitative estimate of drug-likeness (QED) is 0.00304. The normalized spacial score (nSPS) is 12.4. The lowest BCUT2D eigenvalue weighted by Crippen LogP contribution is -2.55. The van der Waals surface area contributed by atoms with Crippen molar-refractivity contribution in [2.75, 3.05) is 77.6 Å². The molecule has 0 saturated heterocycles. The third-order valence-corrected chi connectivity index (χ3v) is 14.9. The highest BCUT2D eigenvalue weighted by molar-refractivity contribution is 7.80. The molecule has 0 aromatic heterocycles. The maximum Gasteiger partial charge on any atom is 0.306 e. The molecule has 0 aliphatic carbocycles. The molecular weight excluding hydrogens is 1350 g/mol. The number of esters is 1. The van der Waals surface area contributed by atoms with Crippen LogP contribution in [-0.4, -0.2) is 201 Å². The fraction of sp³-hybridized carbons (Fsp3) is 0.644. The third-order valence-electron chi connectivity index (χ3n) is 14.2. The summed E-state index contributed by atoms with van der Waals surface area (Å²) in [7, 11) is 1.26. The van der Waals surface area contributed by atoms with Gasteiger partial charge < -0.3 is 96.0 Å². The summed E-state index contributed by atoms with van der Waals surface area (Å²) in [5, 5.41) is 40.1. The molecule has 0 bridgehead atoms. The molecule has 0 saturated carbocycles. The molecule has 0 aliphatic rings. The van der Waals surface area contributed by atoms with Crippen LogP contribution in [0.5, 0.6) is 11.5 Å². The van der Waals surface area contributed by atoms with Gasteiger partial charge in [-0.1, -0.05) is 31.3 Å². The van der Waals surface area contributed by atoms with Gasteiger partial charge in [-0.05, 0) is 82.7 Å². The van der Waals surface area contributed by atoms with Crippen LogP contribution in [0.25, 0.3) is 10.4 Å². The van der Waals surface area contributed by atoms with E-state index >= 15 is 0 Å². The van der Waals surface area contributed by atoms with E-state index in [2.05, 4.69) is 98.4 Å². The molecule has 6 atom stereocenters. The molecule has 0 spiro atoms. The molecule has 41 heteroatoms. The summed E-state index contributed by atoms with van der Waals surface area (Å²) in [5.74, 6) is -9.51. The van der Waals surface area contributed by atoms with Gasteiger partial charge in [-0.3, -0.25) is 82.4 Å². The number of Topliss-reactive ketones (excluding diaryl/α,β-unsaturated/α-hetero) is 1. The van der Waals surface area contributed by atoms with Crippen molar-refractivity contribution < 1.29 is 81.5 Å². The molecular formula is C59H97N21O18S2. The van der Waals surface area contributed by atoms with Crippen LogP contribution < -0.4 is 91.3 Å². The van der Waals surface area contributed by atoms with Crippen molar-refractivity contribution in [1.82, 2.24) is 53.2 Å². The first-order valence-electron chi connectivity index (χ1n) is 32.3. The van der Waals surface area contributed by atoms with Gasteiger partial charge in [0.05, 0.1) is 56.4 Å². The van der Waals surface area contributed by atoms with Crippen molar-refractivity contribution in [3.8, 4) is 11.5 Å². The van der Waals surface area contributed by atoms with Crippen LogP contribution >= 0.6 is 25.3 Å². The number of carbonyl (C=O) groups is 13. The number of methoxy groups -OCH3 is 1. The van der Waals surface area contributed by atoms with E-state index in [4.69, 9.17) is 48.4 Å². The molecule has 2 unspecified atom stereocenters. The second-order valence-corrected chi connectivity index (χ2v) is 23.0. The minimum atomic E-state index is -1.29. The Bertz CT molecular complexity index is 3020. The Morgan fingerprint density at radius 3 is 1.59 bits per heavy atom. The van der Waals surface area contributed by atoms with E-state index in [9.17, 15) is 72.4 Å². The van der Waals surface area contributed by atoms with Crippen molar-refractivity contribution in [2.45, 2.75) is 166 Å². The zero-order valence-corrected chi connectivity index (χ0v) is 58.2. The highest BCUT2D eigenvalue weighted by Crippen LogP contribution is 2.39. The number of benzene rings is 1. The Labute approximate surface area is 588 Å². The lowest BCUT2D eigenvalue weighted by molar-refractivity contribution is -0.386. The Hall–Kier alpha value is -9.92. The fourth-order valence-corrected chi connectivity index (χ4v) is 9.43. The second-order valence-electron chi connectivity index (χ2n) is 22.3. The Morgan fingerprint density at radius 2 is 1.06 bits per heavy atom. The van der Waals surface area contributed by atoms with E-state index in [1.165, 1.54) is 20.1 Å². The minimum absolute atomic E-state index is 0.00401. The van der Waals surface area contributed by atoms with Gasteiger partial charge in [-0.25, -0.2) is 0 Å². The number of nitro benzene ring substituents is 1. The van der Waals surface area contributed by atoms with Crippen LogP contribution in [0.3, 0.4) is 0 Å². The number of nitrogens with one attached hydrogen (secondary N) is 10. The standard InChI is InChI=1S/C59H97N21O18S2/c1-4-5-19-47(83)74-39(17-10-23-67-58(61)62)54(90)71-32-51(87)77-41(33-99)55(91)70-29-48(84)66-22-12-21-52(88)98-35(2)37-27-44(96-3)45(28-43(37)80(94)95)97-26-13-20-46(82)69-30-49(85)76-42(34-100)56(92)72-31-50(86)75-40(18-11-24-68-59(63)64)57(93)78-38(53(60)89)16-8-6-7-14-36(81)15-9-25-73-79-65/h27-28,35,38-42,99-100H,4-26,29-34H2,1-3H3,(H2,60,89)(H,66,84)(H,69,82)(H,70,91)(H,71,90)(H,72,92)(H,74,83)(H,75,86)(H,76,85)(H,77,87)(H,78,93)(H4,61,62,67)(H4,63,64,68)/t35?,38-,39-,40-,41+,42?/m0/s1. The number of nitrogens with zero attached hydrogens (tertiary/aromatic N) is 6. The van der Waals surface area contributed by atoms with Gasteiger partial charge in [0.25, 0.3) is 5.69 Å². The van der Waals surface area contributed by atoms with E-state index in [1.54, 1.807) is 0 Å². The van der Waals surface area contributed by atoms with Crippen molar-refractivity contribution in [2.24, 2.45) is 43.8 Å². The minimum Gasteiger partial charge on any atom is -0.493 e. The SMILES string of the molecule is CCCCC(=O)N[C@@H](CCCN=C(N)N)C(=O)NCC(=O)N[C@H](CS)C(=O)NCC(=O)NCCCC(=O)OC(C)c1cc(OC)c(OCCCC(=O)NCC(=O)NC(CS)C(=O)NCC(=O)N[C@@H](CCCN=C(N)N)C(=O)N[C@@H](CCCCCC(=O)CCCN=[N+]=[N-])C(N)=O)cc1[N+](=O)[O-]. The van der Waals surface area contributed by atoms with Gasteiger partial charge in [-0.2, -0.15) is 25.3 Å². The van der Waals surface area contributed by atoms with E-state index in [0.717, 1.165) is 12.5 Å². The summed E-state index contributed by atoms with van der Waals surface area (Å²) >= 11 is 8.22. The summed E-state index contributed by atoms with van der Waals surface area (Å²) in [5.41, 5.74) is 34.9. The number of carbonyl (C=O) groups excluding carboxylic acids is 13. The number of unbranched alkanes of at least 4 members (excludes halogenated alkanes) is 3. The van der Waals surface area contributed by atoms with Crippen molar-refractivity contribution >= 4 is 120 Å². The molecule has 0 fully saturated rings. The molecule has 39 nitrogen and oxygen atoms in total. The maximum atomic E-state index is 13.4. The van der Waals surface area contributed by atoms with Gasteiger partial charge in [0, 0.05) is 74.7 Å². The second kappa shape index (κ2) is 51.3. The molecule has 1 aromatic rings. The van der Waals surface area contributed by atoms with Crippen LogP contribution in [0.2, 0.25) is 0 Å². The number of thiol groups is 2. The summed E-state index contributed by atoms with van der Waals surface area (Å²) < 4.78 is 16.6. The number of guanidine groups is 2. The van der Waals surface area contributed by atoms with Gasteiger partial charge >= 0.3 is 5.97 Å². The van der Waals surface area contributed by atoms with E-state index in [1.807, 2.05) is 6.92 Å². The summed E-state index contributed by atoms with van der Waals surface area (Å²) in [6, 6.07) is -3.56. The number of ether oxygens (including phenoxy) is 3. The van der Waals surface area contributed by atoms with Crippen molar-refractivity contribution in [1.29, 1.82) is 0 Å². The predicted octanol–water partition coefficient (Wildman–Crippen LogP) is -2.60. The number of hydrogen-bond acceptors (Lipinski definition) is 23. The molecule has 558 valence electrons. The average Bonchev–Trinajstić information content (AvgIpc) is 0.807. The number of nitro groups is 1. The zero-order valence-electron chi connectivity index (χ0n) is 56.4. The topological polar surface area (TPSA) is 617 Å². The van der Waals surface area contributed by atoms with E-state index in [0.29, 0.717) is 38.5 Å². The van der Waals surface area contributed by atoms with Gasteiger partial charge in [0.15, 0.2) is 23.4 Å². The van der Waals surface area contributed by atoms with E-state index in [-0.39, 0.29) is 156 Å². The number of ketones is 1. The first kappa shape index (κ1) is 88.1. The Balaban J connectivity index is 2.68. The summed E-state index contributed by atoms with van der Waals surface area (Å²) in [4.78, 5) is 188. The van der Waals surface area contributed by atoms with Crippen LogP contribution in [0.15, 0.2) is 27.2 Å². The third kappa shape index (κ3) is 39.5. The monoisotopic (exact) mass is 1450 g/mol. The number of nitrogens with two attached hydrogens (primary N) is 5. The lowest BCUT2D eigenvalue weighted by atomic mass is 10.0. The molecule has 20 N–H and O–H groups in total. The van der Waals surface area contributed by atoms with Gasteiger partial charge in [0.1, 0.15) is 42.1 Å². The molecule has 1 aromatic carbocycles. The van der Waals surface area contributed by atoms with Crippen molar-refractivity contribution in [3.05, 3.63) is 38.3 Å². The highest BCUT2D eigenvalue weighted by Gasteiger charge is 2.30. The number of hydrogen-bond donors (Lipinski definition) is 17. The lowest BCUT2D eigenvalue weighted by Gasteiger charge is -2.22. The van der Waals surface area contributed by atoms with Crippen LogP contribution in [0.1, 0.15) is 141 Å². The summed E-state index contributed by atoms with van der Waals surface area (Å²) in [6.07, 6.45) is 3.34. The first-order chi connectivity index (χ1) is 47.6. The number of aliphatic imine (C=N–C) groups is 2. The van der Waals surface area contributed by atoms with Crippen LogP contribution in [0.4, 0.5) is 5.69 Å². The number of azide groups is 1. The number of amides is 11. The van der Waals surface area contributed by atoms with E-state index < -0.39 is 138 Å². The maximum absolute atomic E-state index is 13.4. The molecule has 1 rings (SSSR count). The molecule has 100 heavy (non-hydrogen) atoms. The van der Waals surface area contributed by atoms with Crippen LogP contribution in [-0.2, 0) is 67.1 Å². The molecule has 0 radical (unpaired) electrons. The fourth-order valence-electron chi connectivity index (χ4n) is 8.91. The van der Waals surface area contributed by atoms with Gasteiger partial charge in [-0.15, -0.1) is 0 Å². The number of rotatable bonds is 54. The Kier molecular flexibility index (Phi) is 45.2. The smallest absolute Gasteiger partial charge is 0.306 e. The zero-order chi connectivity index (χ0) is 75.0.